The van der Waals surface area contributed by atoms with Gasteiger partial charge in [0.25, 0.3) is 11.5 Å². The van der Waals surface area contributed by atoms with E-state index < -0.39 is 23.2 Å². The lowest BCUT2D eigenvalue weighted by Gasteiger charge is -2.38. The zero-order valence-electron chi connectivity index (χ0n) is 36.7. The first-order chi connectivity index (χ1) is 31.4. The first-order valence-electron chi connectivity index (χ1n) is 22.8. The highest BCUT2D eigenvalue weighted by molar-refractivity contribution is 6.00. The van der Waals surface area contributed by atoms with Crippen molar-refractivity contribution in [3.05, 3.63) is 116 Å². The smallest absolute Gasteiger partial charge is 0.351 e. The number of piperidine rings is 3. The van der Waals surface area contributed by atoms with Crippen molar-refractivity contribution in [1.29, 1.82) is 0 Å². The first kappa shape index (κ1) is 42.4. The Morgan fingerprint density at radius 1 is 0.908 bits per heavy atom. The number of anilines is 3. The van der Waals surface area contributed by atoms with Gasteiger partial charge in [-0.3, -0.25) is 38.4 Å². The van der Waals surface area contributed by atoms with Gasteiger partial charge in [0.1, 0.15) is 17.5 Å². The van der Waals surface area contributed by atoms with E-state index in [-0.39, 0.29) is 41.7 Å². The number of hydrogen-bond donors (Lipinski definition) is 3. The van der Waals surface area contributed by atoms with Crippen LogP contribution in [0.1, 0.15) is 122 Å². The molecule has 17 nitrogen and oxygen atoms in total. The van der Waals surface area contributed by atoms with Crippen molar-refractivity contribution in [3.8, 4) is 0 Å². The second-order valence-corrected chi connectivity index (χ2v) is 18.3. The Bertz CT molecular complexity index is 2940. The van der Waals surface area contributed by atoms with Crippen LogP contribution in [-0.2, 0) is 21.7 Å². The maximum Gasteiger partial charge on any atom is 0.351 e. The number of aromatic nitrogens is 7. The van der Waals surface area contributed by atoms with Gasteiger partial charge in [0, 0.05) is 74.9 Å². The third-order valence-electron chi connectivity index (χ3n) is 14.2. The molecule has 4 fully saturated rings. The third kappa shape index (κ3) is 8.11. The number of likely N-dealkylation sites (tertiary alicyclic amines) is 1. The molecule has 3 N–H and O–H groups in total. The fourth-order valence-corrected chi connectivity index (χ4v) is 10.5. The molecule has 1 saturated carbocycles. The summed E-state index contributed by atoms with van der Waals surface area (Å²) in [5.74, 6) is 0.229. The van der Waals surface area contributed by atoms with E-state index in [0.717, 1.165) is 62.8 Å². The Labute approximate surface area is 374 Å². The number of rotatable bonds is 10. The van der Waals surface area contributed by atoms with Crippen LogP contribution in [-0.4, -0.2) is 87.5 Å². The first-order valence-corrected chi connectivity index (χ1v) is 22.8. The molecule has 3 saturated heterocycles. The van der Waals surface area contributed by atoms with E-state index in [1.54, 1.807) is 36.0 Å². The maximum absolute atomic E-state index is 13.6. The molecule has 1 aromatic carbocycles. The Morgan fingerprint density at radius 2 is 1.66 bits per heavy atom. The van der Waals surface area contributed by atoms with Crippen molar-refractivity contribution in [3.63, 3.8) is 0 Å². The van der Waals surface area contributed by atoms with Gasteiger partial charge in [-0.05, 0) is 117 Å². The van der Waals surface area contributed by atoms with Crippen LogP contribution in [0.15, 0.2) is 76.7 Å². The number of ketones is 1. The number of nitrogens with one attached hydrogen (secondary N) is 2. The molecule has 8 heterocycles. The molecule has 2 amide bonds. The van der Waals surface area contributed by atoms with E-state index in [2.05, 4.69) is 60.8 Å². The topological polar surface area (TPSA) is 202 Å². The summed E-state index contributed by atoms with van der Waals surface area (Å²) in [6, 6.07) is 15.5. The predicted molar refractivity (Wildman–Crippen MR) is 243 cm³/mol. The molecule has 10 rings (SSSR count). The number of nitrogens with zero attached hydrogens (tertiary/aromatic N) is 9. The number of carbonyl (C=O) groups is 3. The Hall–Kier alpha value is -6.59. The van der Waals surface area contributed by atoms with E-state index in [4.69, 9.17) is 9.97 Å². The summed E-state index contributed by atoms with van der Waals surface area (Å²) in [4.78, 5) is 82.1. The fourth-order valence-electron chi connectivity index (χ4n) is 10.5. The molecule has 0 spiro atoms. The Balaban J connectivity index is 0.723. The van der Waals surface area contributed by atoms with Crippen molar-refractivity contribution >= 4 is 51.7 Å². The summed E-state index contributed by atoms with van der Waals surface area (Å²) in [7, 11) is 0. The zero-order valence-corrected chi connectivity index (χ0v) is 36.7. The Kier molecular flexibility index (Phi) is 11.1. The van der Waals surface area contributed by atoms with Gasteiger partial charge < -0.3 is 15.3 Å². The van der Waals surface area contributed by atoms with Crippen LogP contribution in [0.3, 0.4) is 0 Å². The van der Waals surface area contributed by atoms with Crippen LogP contribution < -0.4 is 26.8 Å². The van der Waals surface area contributed by atoms with Crippen LogP contribution >= 0.6 is 0 Å². The minimum atomic E-state index is -1.07. The molecule has 336 valence electrons. The van der Waals surface area contributed by atoms with E-state index in [1.807, 2.05) is 12.3 Å². The average molecular weight is 880 g/mol. The van der Waals surface area contributed by atoms with Gasteiger partial charge in [-0.15, -0.1) is 5.10 Å². The highest BCUT2D eigenvalue weighted by atomic mass is 16.3. The van der Waals surface area contributed by atoms with Crippen LogP contribution in [0.25, 0.3) is 16.7 Å². The minimum absolute atomic E-state index is 0.00904. The normalized spacial score (nSPS) is 19.9. The van der Waals surface area contributed by atoms with Crippen molar-refractivity contribution in [1.82, 2.24) is 43.9 Å². The minimum Gasteiger partial charge on any atom is -0.385 e. The summed E-state index contributed by atoms with van der Waals surface area (Å²) < 4.78 is 4.22. The second-order valence-electron chi connectivity index (χ2n) is 18.3. The van der Waals surface area contributed by atoms with E-state index in [1.165, 1.54) is 28.1 Å². The quantitative estimate of drug-likeness (QED) is 0.120. The second kappa shape index (κ2) is 17.1. The largest absolute Gasteiger partial charge is 0.385 e. The molecule has 1 aliphatic carbocycles. The summed E-state index contributed by atoms with van der Waals surface area (Å²) in [6.07, 6.45) is 12.5. The molecule has 6 aromatic rings. The molecule has 0 radical (unpaired) electrons. The molecule has 1 unspecified atom stereocenters. The number of Topliss-reactive ketones (excluding diaryl/α,β-unsaturated/α-hetero) is 1. The van der Waals surface area contributed by atoms with E-state index in [9.17, 15) is 29.1 Å². The number of hydrogen-bond acceptors (Lipinski definition) is 13. The molecule has 1 atom stereocenters. The lowest BCUT2D eigenvalue weighted by Crippen LogP contribution is -2.44. The van der Waals surface area contributed by atoms with Gasteiger partial charge in [-0.2, -0.15) is 9.67 Å². The highest BCUT2D eigenvalue weighted by Crippen LogP contribution is 2.36. The molecule has 17 heteroatoms. The van der Waals surface area contributed by atoms with Crippen molar-refractivity contribution in [2.75, 3.05) is 36.4 Å². The zero-order chi connectivity index (χ0) is 45.0. The molecule has 0 bridgehead atoms. The standard InChI is InChI=1S/C48H53N11O6/c1-29-37-27-50-46(53-43(37)58(36-5-3-4-6-36)45(63)42(29)30(2)60)51-39-13-9-33(26-49-39)32-15-20-56(21-16-32)35-10-7-31(8-11-35)28-55-23-18-48(65,19-24-55)34-17-22-57-40(25-34)54-59(47(57)64)38-12-14-41(61)52-44(38)62/h7-11,13,17,22,25-27,32,36,38,65H,3-6,12,14-16,18-21,23-24,28H2,1-2H3,(H,52,61,62)(H,49,50,51,53). The van der Waals surface area contributed by atoms with Gasteiger partial charge in [0.15, 0.2) is 11.4 Å². The monoisotopic (exact) mass is 879 g/mol. The summed E-state index contributed by atoms with van der Waals surface area (Å²) in [5.41, 5.74) is 4.22. The van der Waals surface area contributed by atoms with Crippen LogP contribution in [0.2, 0.25) is 0 Å². The van der Waals surface area contributed by atoms with Gasteiger partial charge in [-0.25, -0.2) is 14.8 Å². The van der Waals surface area contributed by atoms with Crippen LogP contribution in [0.5, 0.6) is 0 Å². The summed E-state index contributed by atoms with van der Waals surface area (Å²) >= 11 is 0. The number of aliphatic hydroxyl groups is 1. The average Bonchev–Trinajstić information content (AvgIpc) is 3.95. The molecule has 4 aliphatic rings. The SMILES string of the molecule is CC(=O)c1c(C)c2cnc(Nc3ccc(C4CCN(c5ccc(CN6CCC(O)(c7ccn8c(=O)n(C9CCC(=O)NC9=O)nc8c7)CC6)cc5)CC4)cn3)nc2n(C2CCCC2)c1=O. The van der Waals surface area contributed by atoms with Gasteiger partial charge in [0.2, 0.25) is 11.9 Å². The number of fused-ring (bicyclic) bond motifs is 2. The fraction of sp³-hybridized carbons (Fsp3) is 0.438. The van der Waals surface area contributed by atoms with Crippen molar-refractivity contribution < 1.29 is 19.5 Å². The number of imide groups is 1. The number of amides is 2. The van der Waals surface area contributed by atoms with Gasteiger partial charge in [0.05, 0.1) is 11.2 Å². The number of benzene rings is 1. The Morgan fingerprint density at radius 3 is 2.35 bits per heavy atom. The third-order valence-corrected chi connectivity index (χ3v) is 14.2. The maximum atomic E-state index is 13.6. The van der Waals surface area contributed by atoms with Gasteiger partial charge >= 0.3 is 5.69 Å². The van der Waals surface area contributed by atoms with Gasteiger partial charge in [-0.1, -0.05) is 31.0 Å². The molecule has 65 heavy (non-hydrogen) atoms. The molecule has 3 aliphatic heterocycles. The molecular formula is C48H53N11O6. The number of aryl methyl sites for hydroxylation is 1. The molecule has 5 aromatic heterocycles. The number of carbonyl (C=O) groups excluding carboxylic acids is 3. The highest BCUT2D eigenvalue weighted by Gasteiger charge is 2.36. The van der Waals surface area contributed by atoms with Crippen LogP contribution in [0, 0.1) is 6.92 Å². The lowest BCUT2D eigenvalue weighted by atomic mass is 9.85. The van der Waals surface area contributed by atoms with Crippen molar-refractivity contribution in [2.45, 2.75) is 108 Å². The lowest BCUT2D eigenvalue weighted by molar-refractivity contribution is -0.136. The van der Waals surface area contributed by atoms with E-state index >= 15 is 0 Å². The predicted octanol–water partition coefficient (Wildman–Crippen LogP) is 5.21. The van der Waals surface area contributed by atoms with Crippen molar-refractivity contribution in [2.24, 2.45) is 0 Å². The van der Waals surface area contributed by atoms with E-state index in [0.29, 0.717) is 71.4 Å². The summed E-state index contributed by atoms with van der Waals surface area (Å²) in [6.45, 7) is 7.28. The summed E-state index contributed by atoms with van der Waals surface area (Å²) in [5, 5.41) is 22.4. The number of pyridine rings is 3. The van der Waals surface area contributed by atoms with Crippen LogP contribution in [0.4, 0.5) is 17.5 Å². The molecular weight excluding hydrogens is 827 g/mol.